The fourth-order valence-corrected chi connectivity index (χ4v) is 3.10. The molecule has 0 saturated carbocycles. The van der Waals surface area contributed by atoms with E-state index in [1.807, 2.05) is 6.92 Å². The van der Waals surface area contributed by atoms with E-state index in [9.17, 15) is 4.79 Å². The number of aryl methyl sites for hydroxylation is 2. The number of nitrogens with two attached hydrogens (primary N) is 1. The maximum Gasteiger partial charge on any atom is 0.250 e. The van der Waals surface area contributed by atoms with Gasteiger partial charge in [-0.2, -0.15) is 4.37 Å². The van der Waals surface area contributed by atoms with E-state index in [0.717, 1.165) is 22.3 Å². The topological polar surface area (TPSA) is 73.8 Å². The van der Waals surface area contributed by atoms with Crippen LogP contribution in [-0.2, 0) is 13.0 Å². The van der Waals surface area contributed by atoms with Gasteiger partial charge >= 0.3 is 0 Å². The molecule has 5 nitrogen and oxygen atoms in total. The molecule has 0 amide bonds. The highest BCUT2D eigenvalue weighted by Crippen LogP contribution is 2.20. The molecule has 7 heteroatoms. The van der Waals surface area contributed by atoms with Crippen molar-refractivity contribution in [3.8, 4) is 0 Å². The molecular weight excluding hydrogens is 268 g/mol. The van der Waals surface area contributed by atoms with Crippen molar-refractivity contribution in [2.75, 3.05) is 11.5 Å². The summed E-state index contributed by atoms with van der Waals surface area (Å²) in [5.74, 6) is 1.66. The summed E-state index contributed by atoms with van der Waals surface area (Å²) < 4.78 is 6.78. The maximum absolute atomic E-state index is 11.5. The Balaban J connectivity index is 1.92. The Morgan fingerprint density at radius 3 is 3.06 bits per heavy atom. The number of aromatic nitrogens is 3. The summed E-state index contributed by atoms with van der Waals surface area (Å²) in [5.41, 5.74) is 6.21. The Kier molecular flexibility index (Phi) is 4.38. The Morgan fingerprint density at radius 1 is 1.50 bits per heavy atom. The van der Waals surface area contributed by atoms with Gasteiger partial charge < -0.3 is 10.3 Å². The molecule has 2 aromatic heterocycles. The molecule has 96 valence electrons. The summed E-state index contributed by atoms with van der Waals surface area (Å²) in [7, 11) is 0. The fraction of sp³-hybridized carbons (Fsp3) is 0.364. The SMILES string of the molecule is CCc1nsc(SCCn2cc(N)ccc2=O)n1. The first-order valence-electron chi connectivity index (χ1n) is 5.60. The fourth-order valence-electron chi connectivity index (χ4n) is 1.40. The summed E-state index contributed by atoms with van der Waals surface area (Å²) in [6, 6.07) is 3.10. The molecule has 2 aromatic rings. The average Bonchev–Trinajstić information content (AvgIpc) is 2.81. The predicted molar refractivity (Wildman–Crippen MR) is 75.1 cm³/mol. The van der Waals surface area contributed by atoms with Gasteiger partial charge in [0.1, 0.15) is 5.82 Å². The number of pyridine rings is 1. The number of anilines is 1. The summed E-state index contributed by atoms with van der Waals surface area (Å²) in [4.78, 5) is 15.9. The third-order valence-corrected chi connectivity index (χ3v) is 4.18. The first-order valence-corrected chi connectivity index (χ1v) is 7.36. The van der Waals surface area contributed by atoms with Gasteiger partial charge in [0.25, 0.3) is 5.56 Å². The van der Waals surface area contributed by atoms with Crippen molar-refractivity contribution < 1.29 is 0 Å². The molecule has 0 spiro atoms. The van der Waals surface area contributed by atoms with Crippen molar-refractivity contribution in [3.63, 3.8) is 0 Å². The standard InChI is InChI=1S/C11H14N4OS2/c1-2-9-13-11(18-14-9)17-6-5-15-7-8(12)3-4-10(15)16/h3-4,7H,2,5-6,12H2,1H3. The Bertz CT molecular complexity index is 578. The van der Waals surface area contributed by atoms with Crippen molar-refractivity contribution in [2.24, 2.45) is 0 Å². The molecule has 0 saturated heterocycles. The highest BCUT2D eigenvalue weighted by molar-refractivity contribution is 8.00. The van der Waals surface area contributed by atoms with E-state index in [1.165, 1.54) is 17.6 Å². The quantitative estimate of drug-likeness (QED) is 0.844. The van der Waals surface area contributed by atoms with Gasteiger partial charge in [0, 0.05) is 36.7 Å². The predicted octanol–water partition coefficient (Wildman–Crippen LogP) is 1.64. The van der Waals surface area contributed by atoms with E-state index in [0.29, 0.717) is 12.2 Å². The van der Waals surface area contributed by atoms with Crippen LogP contribution in [0.2, 0.25) is 0 Å². The van der Waals surface area contributed by atoms with Crippen LogP contribution >= 0.6 is 23.3 Å². The van der Waals surface area contributed by atoms with E-state index >= 15 is 0 Å². The summed E-state index contributed by atoms with van der Waals surface area (Å²) >= 11 is 3.02. The second-order valence-corrected chi connectivity index (χ2v) is 5.77. The van der Waals surface area contributed by atoms with E-state index in [2.05, 4.69) is 9.36 Å². The molecule has 0 radical (unpaired) electrons. The summed E-state index contributed by atoms with van der Waals surface area (Å²) in [5, 5.41) is 0. The van der Waals surface area contributed by atoms with E-state index in [4.69, 9.17) is 5.73 Å². The number of nitrogen functional groups attached to an aromatic ring is 1. The molecule has 0 aromatic carbocycles. The van der Waals surface area contributed by atoms with Crippen LogP contribution in [0.25, 0.3) is 0 Å². The van der Waals surface area contributed by atoms with E-state index < -0.39 is 0 Å². The molecule has 0 fully saturated rings. The van der Waals surface area contributed by atoms with Gasteiger partial charge in [-0.05, 0) is 17.6 Å². The zero-order valence-electron chi connectivity index (χ0n) is 10.00. The molecule has 0 bridgehead atoms. The first-order chi connectivity index (χ1) is 8.69. The number of nitrogens with zero attached hydrogens (tertiary/aromatic N) is 3. The van der Waals surface area contributed by atoms with Crippen LogP contribution in [0, 0.1) is 0 Å². The molecule has 0 aliphatic heterocycles. The van der Waals surface area contributed by atoms with Crippen LogP contribution in [0.1, 0.15) is 12.7 Å². The minimum atomic E-state index is -0.0312. The minimum absolute atomic E-state index is 0.0312. The van der Waals surface area contributed by atoms with Gasteiger partial charge in [-0.1, -0.05) is 18.7 Å². The van der Waals surface area contributed by atoms with Crippen molar-refractivity contribution >= 4 is 29.0 Å². The van der Waals surface area contributed by atoms with Crippen LogP contribution in [0.15, 0.2) is 27.5 Å². The van der Waals surface area contributed by atoms with Crippen molar-refractivity contribution in [1.82, 2.24) is 13.9 Å². The third kappa shape index (κ3) is 3.33. The van der Waals surface area contributed by atoms with Gasteiger partial charge in [0.15, 0.2) is 4.34 Å². The second-order valence-electron chi connectivity index (χ2n) is 3.67. The average molecular weight is 282 g/mol. The lowest BCUT2D eigenvalue weighted by Crippen LogP contribution is -2.19. The largest absolute Gasteiger partial charge is 0.398 e. The van der Waals surface area contributed by atoms with Crippen molar-refractivity contribution in [2.45, 2.75) is 24.2 Å². The third-order valence-electron chi connectivity index (χ3n) is 2.33. The molecule has 0 aliphatic carbocycles. The maximum atomic E-state index is 11.5. The molecule has 0 aliphatic rings. The number of thioether (sulfide) groups is 1. The number of hydrogen-bond donors (Lipinski definition) is 1. The zero-order chi connectivity index (χ0) is 13.0. The minimum Gasteiger partial charge on any atom is -0.398 e. The lowest BCUT2D eigenvalue weighted by Gasteiger charge is -2.04. The van der Waals surface area contributed by atoms with Crippen LogP contribution in [-0.4, -0.2) is 19.7 Å². The number of hydrogen-bond acceptors (Lipinski definition) is 6. The zero-order valence-corrected chi connectivity index (χ0v) is 11.6. The second kappa shape index (κ2) is 6.01. The molecule has 0 atom stereocenters. The van der Waals surface area contributed by atoms with Crippen LogP contribution in [0.5, 0.6) is 0 Å². The van der Waals surface area contributed by atoms with Crippen LogP contribution < -0.4 is 11.3 Å². The Labute approximate surface area is 113 Å². The van der Waals surface area contributed by atoms with Crippen LogP contribution in [0.3, 0.4) is 0 Å². The van der Waals surface area contributed by atoms with Gasteiger partial charge in [-0.15, -0.1) is 0 Å². The first kappa shape index (κ1) is 13.1. The number of rotatable bonds is 5. The van der Waals surface area contributed by atoms with E-state index in [-0.39, 0.29) is 5.56 Å². The molecule has 18 heavy (non-hydrogen) atoms. The molecular formula is C11H14N4OS2. The van der Waals surface area contributed by atoms with Gasteiger partial charge in [-0.25, -0.2) is 4.98 Å². The highest BCUT2D eigenvalue weighted by Gasteiger charge is 2.03. The Morgan fingerprint density at radius 2 is 2.33 bits per heavy atom. The van der Waals surface area contributed by atoms with Crippen molar-refractivity contribution in [1.29, 1.82) is 0 Å². The van der Waals surface area contributed by atoms with E-state index in [1.54, 1.807) is 28.6 Å². The molecule has 2 N–H and O–H groups in total. The normalized spacial score (nSPS) is 10.7. The molecule has 2 rings (SSSR count). The van der Waals surface area contributed by atoms with Gasteiger partial charge in [-0.3, -0.25) is 4.79 Å². The molecule has 0 unspecified atom stereocenters. The summed E-state index contributed by atoms with van der Waals surface area (Å²) in [6.45, 7) is 2.65. The monoisotopic (exact) mass is 282 g/mol. The van der Waals surface area contributed by atoms with Crippen molar-refractivity contribution in [3.05, 3.63) is 34.5 Å². The lowest BCUT2D eigenvalue weighted by molar-refractivity contribution is 0.737. The molecule has 2 heterocycles. The Hall–Kier alpha value is -1.34. The summed E-state index contributed by atoms with van der Waals surface area (Å²) in [6.07, 6.45) is 2.52. The van der Waals surface area contributed by atoms with Gasteiger partial charge in [0.05, 0.1) is 0 Å². The smallest absolute Gasteiger partial charge is 0.250 e. The van der Waals surface area contributed by atoms with Gasteiger partial charge in [0.2, 0.25) is 0 Å². The van der Waals surface area contributed by atoms with Crippen LogP contribution in [0.4, 0.5) is 5.69 Å². The lowest BCUT2D eigenvalue weighted by atomic mass is 10.4. The highest BCUT2D eigenvalue weighted by atomic mass is 32.2.